The lowest BCUT2D eigenvalue weighted by molar-refractivity contribution is -0.127. The standard InChI is InChI=1S/C15H25N5O2/c1-19(2)7-8-20-10-11(9-12(20)21)13-17-14(18-22-13)15(16)5-3-4-6-15/h11H,3-10,16H2,1-2H3. The Morgan fingerprint density at radius 1 is 1.41 bits per heavy atom. The zero-order chi connectivity index (χ0) is 15.7. The van der Waals surface area contributed by atoms with Crippen molar-refractivity contribution in [2.24, 2.45) is 5.73 Å². The molecule has 0 bridgehead atoms. The summed E-state index contributed by atoms with van der Waals surface area (Å²) >= 11 is 0. The third kappa shape index (κ3) is 3.01. The number of nitrogens with two attached hydrogens (primary N) is 1. The largest absolute Gasteiger partial charge is 0.341 e. The van der Waals surface area contributed by atoms with Gasteiger partial charge in [-0.1, -0.05) is 18.0 Å². The Bertz CT molecular complexity index is 536. The summed E-state index contributed by atoms with van der Waals surface area (Å²) in [6.07, 6.45) is 4.49. The number of hydrogen-bond acceptors (Lipinski definition) is 6. The number of hydrogen-bond donors (Lipinski definition) is 1. The van der Waals surface area contributed by atoms with Crippen molar-refractivity contribution in [3.8, 4) is 0 Å². The number of aromatic nitrogens is 2. The number of amides is 1. The summed E-state index contributed by atoms with van der Waals surface area (Å²) in [6, 6.07) is 0. The Kier molecular flexibility index (Phi) is 4.18. The van der Waals surface area contributed by atoms with Gasteiger partial charge >= 0.3 is 0 Å². The summed E-state index contributed by atoms with van der Waals surface area (Å²) in [4.78, 5) is 20.6. The molecule has 1 amide bonds. The van der Waals surface area contributed by atoms with E-state index in [1.54, 1.807) is 0 Å². The van der Waals surface area contributed by atoms with Crippen molar-refractivity contribution in [3.05, 3.63) is 11.7 Å². The Balaban J connectivity index is 1.65. The molecule has 1 aromatic heterocycles. The molecular formula is C15H25N5O2. The van der Waals surface area contributed by atoms with E-state index in [-0.39, 0.29) is 11.8 Å². The first-order valence-electron chi connectivity index (χ1n) is 8.03. The topological polar surface area (TPSA) is 88.5 Å². The third-order valence-corrected chi connectivity index (χ3v) is 4.76. The maximum absolute atomic E-state index is 12.1. The molecule has 0 radical (unpaired) electrons. The van der Waals surface area contributed by atoms with Gasteiger partial charge in [0.15, 0.2) is 5.82 Å². The maximum Gasteiger partial charge on any atom is 0.232 e. The molecule has 1 aliphatic carbocycles. The zero-order valence-electron chi connectivity index (χ0n) is 13.4. The minimum absolute atomic E-state index is 0.000848. The minimum Gasteiger partial charge on any atom is -0.341 e. The number of nitrogens with zero attached hydrogens (tertiary/aromatic N) is 4. The van der Waals surface area contributed by atoms with Crippen LogP contribution in [0.15, 0.2) is 4.52 Å². The average molecular weight is 307 g/mol. The van der Waals surface area contributed by atoms with Gasteiger partial charge in [-0.25, -0.2) is 0 Å². The fourth-order valence-electron chi connectivity index (χ4n) is 3.31. The number of carbonyl (C=O) groups is 1. The van der Waals surface area contributed by atoms with Gasteiger partial charge in [0.2, 0.25) is 11.8 Å². The van der Waals surface area contributed by atoms with Crippen LogP contribution >= 0.6 is 0 Å². The molecule has 2 aliphatic rings. The molecule has 2 fully saturated rings. The molecular weight excluding hydrogens is 282 g/mol. The summed E-state index contributed by atoms with van der Waals surface area (Å²) < 4.78 is 5.42. The van der Waals surface area contributed by atoms with Crippen molar-refractivity contribution >= 4 is 5.91 Å². The normalized spacial score (nSPS) is 24.6. The van der Waals surface area contributed by atoms with E-state index >= 15 is 0 Å². The number of carbonyl (C=O) groups excluding carboxylic acids is 1. The van der Waals surface area contributed by atoms with E-state index in [0.717, 1.165) is 38.8 Å². The lowest BCUT2D eigenvalue weighted by Gasteiger charge is -2.18. The lowest BCUT2D eigenvalue weighted by Crippen LogP contribution is -2.34. The van der Waals surface area contributed by atoms with Crippen molar-refractivity contribution in [3.63, 3.8) is 0 Å². The molecule has 1 aromatic rings. The van der Waals surface area contributed by atoms with Crippen LogP contribution in [-0.2, 0) is 10.3 Å². The van der Waals surface area contributed by atoms with E-state index in [1.165, 1.54) is 0 Å². The molecule has 2 N–H and O–H groups in total. The number of likely N-dealkylation sites (N-methyl/N-ethyl adjacent to an activating group) is 1. The van der Waals surface area contributed by atoms with Crippen molar-refractivity contribution in [2.75, 3.05) is 33.7 Å². The first-order chi connectivity index (χ1) is 10.5. The van der Waals surface area contributed by atoms with E-state index < -0.39 is 5.54 Å². The SMILES string of the molecule is CN(C)CCN1CC(c2nc(C3(N)CCCC3)no2)CC1=O. The quantitative estimate of drug-likeness (QED) is 0.860. The van der Waals surface area contributed by atoms with Crippen LogP contribution in [0.1, 0.15) is 49.7 Å². The molecule has 1 atom stereocenters. The molecule has 7 nitrogen and oxygen atoms in total. The molecule has 1 unspecified atom stereocenters. The molecule has 122 valence electrons. The summed E-state index contributed by atoms with van der Waals surface area (Å²) in [5.74, 6) is 1.34. The predicted molar refractivity (Wildman–Crippen MR) is 81.1 cm³/mol. The van der Waals surface area contributed by atoms with Gasteiger partial charge < -0.3 is 20.1 Å². The van der Waals surface area contributed by atoms with E-state index in [0.29, 0.717) is 24.7 Å². The second-order valence-electron chi connectivity index (χ2n) is 6.86. The van der Waals surface area contributed by atoms with Crippen molar-refractivity contribution in [1.82, 2.24) is 19.9 Å². The smallest absolute Gasteiger partial charge is 0.232 e. The van der Waals surface area contributed by atoms with Crippen LogP contribution in [0.2, 0.25) is 0 Å². The third-order valence-electron chi connectivity index (χ3n) is 4.76. The van der Waals surface area contributed by atoms with Crippen LogP contribution in [0.4, 0.5) is 0 Å². The van der Waals surface area contributed by atoms with Gasteiger partial charge in [0, 0.05) is 26.1 Å². The highest BCUT2D eigenvalue weighted by atomic mass is 16.5. The van der Waals surface area contributed by atoms with Gasteiger partial charge in [0.1, 0.15) is 0 Å². The van der Waals surface area contributed by atoms with Crippen molar-refractivity contribution in [2.45, 2.75) is 43.6 Å². The Morgan fingerprint density at radius 3 is 2.82 bits per heavy atom. The number of rotatable bonds is 5. The van der Waals surface area contributed by atoms with E-state index in [2.05, 4.69) is 15.0 Å². The Hall–Kier alpha value is -1.47. The fourth-order valence-corrected chi connectivity index (χ4v) is 3.31. The first kappa shape index (κ1) is 15.4. The molecule has 1 aliphatic heterocycles. The molecule has 1 saturated carbocycles. The Labute approximate surface area is 130 Å². The van der Waals surface area contributed by atoms with E-state index in [1.807, 2.05) is 19.0 Å². The molecule has 1 saturated heterocycles. The van der Waals surface area contributed by atoms with Crippen LogP contribution in [0, 0.1) is 0 Å². The highest BCUT2D eigenvalue weighted by Crippen LogP contribution is 2.36. The fraction of sp³-hybridized carbons (Fsp3) is 0.800. The van der Waals surface area contributed by atoms with E-state index in [4.69, 9.17) is 10.3 Å². The zero-order valence-corrected chi connectivity index (χ0v) is 13.4. The van der Waals surface area contributed by atoms with Crippen LogP contribution in [0.3, 0.4) is 0 Å². The summed E-state index contributed by atoms with van der Waals surface area (Å²) in [6.45, 7) is 2.26. The highest BCUT2D eigenvalue weighted by Gasteiger charge is 2.39. The van der Waals surface area contributed by atoms with Crippen molar-refractivity contribution < 1.29 is 9.32 Å². The summed E-state index contributed by atoms with van der Waals surface area (Å²) in [5, 5.41) is 4.09. The van der Waals surface area contributed by atoms with Gasteiger partial charge in [-0.05, 0) is 26.9 Å². The molecule has 0 aromatic carbocycles. The maximum atomic E-state index is 12.1. The molecule has 2 heterocycles. The van der Waals surface area contributed by atoms with Gasteiger partial charge in [-0.2, -0.15) is 4.98 Å². The van der Waals surface area contributed by atoms with Crippen LogP contribution in [0.5, 0.6) is 0 Å². The lowest BCUT2D eigenvalue weighted by atomic mass is 9.98. The molecule has 3 rings (SSSR count). The average Bonchev–Trinajstić information content (AvgIpc) is 3.16. The van der Waals surface area contributed by atoms with Crippen LogP contribution in [-0.4, -0.2) is 59.6 Å². The molecule has 0 spiro atoms. The molecule has 22 heavy (non-hydrogen) atoms. The Morgan fingerprint density at radius 2 is 2.14 bits per heavy atom. The highest BCUT2D eigenvalue weighted by molar-refractivity contribution is 5.79. The monoisotopic (exact) mass is 307 g/mol. The van der Waals surface area contributed by atoms with Gasteiger partial charge in [-0.3, -0.25) is 4.79 Å². The van der Waals surface area contributed by atoms with Gasteiger partial charge in [0.05, 0.1) is 11.5 Å². The van der Waals surface area contributed by atoms with Gasteiger partial charge in [-0.15, -0.1) is 0 Å². The van der Waals surface area contributed by atoms with Crippen molar-refractivity contribution in [1.29, 1.82) is 0 Å². The number of likely N-dealkylation sites (tertiary alicyclic amines) is 1. The summed E-state index contributed by atoms with van der Waals surface area (Å²) in [7, 11) is 4.01. The summed E-state index contributed by atoms with van der Waals surface area (Å²) in [5.41, 5.74) is 5.92. The molecule has 7 heteroatoms. The first-order valence-corrected chi connectivity index (χ1v) is 8.03. The van der Waals surface area contributed by atoms with Gasteiger partial charge in [0.25, 0.3) is 0 Å². The second kappa shape index (κ2) is 5.96. The second-order valence-corrected chi connectivity index (χ2v) is 6.86. The van der Waals surface area contributed by atoms with E-state index in [9.17, 15) is 4.79 Å². The van der Waals surface area contributed by atoms with Crippen LogP contribution < -0.4 is 5.73 Å². The van der Waals surface area contributed by atoms with Crippen LogP contribution in [0.25, 0.3) is 0 Å². The minimum atomic E-state index is -0.436. The predicted octanol–water partition coefficient (Wildman–Crippen LogP) is 0.675.